The summed E-state index contributed by atoms with van der Waals surface area (Å²) in [6.07, 6.45) is 11.3. The Morgan fingerprint density at radius 2 is 2.24 bits per heavy atom. The quantitative estimate of drug-likeness (QED) is 0.835. The third-order valence-corrected chi connectivity index (χ3v) is 4.46. The molecule has 7 nitrogen and oxygen atoms in total. The van der Waals surface area contributed by atoms with E-state index in [0.29, 0.717) is 23.9 Å². The van der Waals surface area contributed by atoms with Gasteiger partial charge in [-0.15, -0.1) is 5.10 Å². The smallest absolute Gasteiger partial charge is 0.273 e. The van der Waals surface area contributed by atoms with Gasteiger partial charge in [0.1, 0.15) is 11.9 Å². The van der Waals surface area contributed by atoms with Crippen molar-refractivity contribution in [1.29, 1.82) is 0 Å². The maximum absolute atomic E-state index is 12.2. The van der Waals surface area contributed by atoms with Crippen molar-refractivity contribution in [3.63, 3.8) is 0 Å². The molecule has 25 heavy (non-hydrogen) atoms. The van der Waals surface area contributed by atoms with E-state index in [0.717, 1.165) is 6.54 Å². The lowest BCUT2D eigenvalue weighted by atomic mass is 9.89. The average molecular weight is 343 g/mol. The molecule has 1 saturated carbocycles. The zero-order chi connectivity index (χ0) is 17.5. The molecule has 0 aromatic carbocycles. The van der Waals surface area contributed by atoms with Gasteiger partial charge in [0.2, 0.25) is 0 Å². The molecule has 0 spiro atoms. The van der Waals surface area contributed by atoms with Crippen molar-refractivity contribution in [3.05, 3.63) is 36.4 Å². The summed E-state index contributed by atoms with van der Waals surface area (Å²) < 4.78 is 7.48. The SMILES string of the molecule is CC(CNC(=O)c1cn(CC2CCCCC2)nn1)Oc1cccnc1. The second kappa shape index (κ2) is 8.60. The Morgan fingerprint density at radius 3 is 3.00 bits per heavy atom. The third kappa shape index (κ3) is 5.27. The van der Waals surface area contributed by atoms with Crippen LogP contribution in [0.5, 0.6) is 5.75 Å². The molecule has 0 aliphatic heterocycles. The number of hydrogen-bond acceptors (Lipinski definition) is 5. The van der Waals surface area contributed by atoms with E-state index in [1.165, 1.54) is 32.1 Å². The van der Waals surface area contributed by atoms with Crippen LogP contribution in [0.25, 0.3) is 0 Å². The third-order valence-electron chi connectivity index (χ3n) is 4.46. The molecule has 1 fully saturated rings. The number of rotatable bonds is 7. The lowest BCUT2D eigenvalue weighted by Crippen LogP contribution is -2.33. The molecule has 2 aromatic heterocycles. The molecule has 1 unspecified atom stereocenters. The van der Waals surface area contributed by atoms with E-state index in [1.54, 1.807) is 23.3 Å². The van der Waals surface area contributed by atoms with Crippen LogP contribution >= 0.6 is 0 Å². The summed E-state index contributed by atoms with van der Waals surface area (Å²) >= 11 is 0. The first-order valence-electron chi connectivity index (χ1n) is 8.95. The monoisotopic (exact) mass is 343 g/mol. The van der Waals surface area contributed by atoms with Gasteiger partial charge in [0.05, 0.1) is 18.9 Å². The largest absolute Gasteiger partial charge is 0.487 e. The molecule has 0 bridgehead atoms. The average Bonchev–Trinajstić information content (AvgIpc) is 3.10. The predicted octanol–water partition coefficient (Wildman–Crippen LogP) is 2.45. The molecule has 1 atom stereocenters. The molecule has 2 aromatic rings. The lowest BCUT2D eigenvalue weighted by molar-refractivity contribution is 0.0927. The molecule has 2 heterocycles. The molecular weight excluding hydrogens is 318 g/mol. The second-order valence-corrected chi connectivity index (χ2v) is 6.66. The van der Waals surface area contributed by atoms with Gasteiger partial charge < -0.3 is 10.1 Å². The van der Waals surface area contributed by atoms with E-state index >= 15 is 0 Å². The number of ether oxygens (including phenoxy) is 1. The number of carbonyl (C=O) groups excluding carboxylic acids is 1. The van der Waals surface area contributed by atoms with Gasteiger partial charge >= 0.3 is 0 Å². The van der Waals surface area contributed by atoms with Crippen LogP contribution in [0.3, 0.4) is 0 Å². The molecule has 0 radical (unpaired) electrons. The summed E-state index contributed by atoms with van der Waals surface area (Å²) in [4.78, 5) is 16.2. The van der Waals surface area contributed by atoms with Crippen molar-refractivity contribution >= 4 is 5.91 Å². The Hall–Kier alpha value is -2.44. The van der Waals surface area contributed by atoms with E-state index in [-0.39, 0.29) is 12.0 Å². The highest BCUT2D eigenvalue weighted by molar-refractivity contribution is 5.91. The topological polar surface area (TPSA) is 81.9 Å². The molecule has 1 aliphatic rings. The first kappa shape index (κ1) is 17.4. The first-order chi connectivity index (χ1) is 12.2. The summed E-state index contributed by atoms with van der Waals surface area (Å²) in [6, 6.07) is 3.65. The molecule has 1 aliphatic carbocycles. The second-order valence-electron chi connectivity index (χ2n) is 6.66. The fourth-order valence-corrected chi connectivity index (χ4v) is 3.14. The number of pyridine rings is 1. The Bertz CT molecular complexity index is 667. The van der Waals surface area contributed by atoms with Crippen LogP contribution in [0.2, 0.25) is 0 Å². The summed E-state index contributed by atoms with van der Waals surface area (Å²) in [6.45, 7) is 3.14. The van der Waals surface area contributed by atoms with Crippen molar-refractivity contribution in [2.75, 3.05) is 6.54 Å². The minimum Gasteiger partial charge on any atom is -0.487 e. The highest BCUT2D eigenvalue weighted by Gasteiger charge is 2.17. The van der Waals surface area contributed by atoms with Gasteiger partial charge in [0.15, 0.2) is 5.69 Å². The van der Waals surface area contributed by atoms with E-state index in [4.69, 9.17) is 4.74 Å². The van der Waals surface area contributed by atoms with Gasteiger partial charge in [-0.25, -0.2) is 0 Å². The minimum absolute atomic E-state index is 0.162. The summed E-state index contributed by atoms with van der Waals surface area (Å²) in [5, 5.41) is 10.9. The van der Waals surface area contributed by atoms with Crippen molar-refractivity contribution in [1.82, 2.24) is 25.3 Å². The van der Waals surface area contributed by atoms with Crippen LogP contribution in [0.1, 0.15) is 49.5 Å². The number of hydrogen-bond donors (Lipinski definition) is 1. The Balaban J connectivity index is 1.45. The maximum atomic E-state index is 12.2. The molecule has 1 N–H and O–H groups in total. The molecule has 3 rings (SSSR count). The molecular formula is C18H25N5O2. The van der Waals surface area contributed by atoms with Crippen LogP contribution in [0, 0.1) is 5.92 Å². The molecule has 0 saturated heterocycles. The van der Waals surface area contributed by atoms with Crippen molar-refractivity contribution in [2.45, 2.75) is 51.7 Å². The number of aromatic nitrogens is 4. The normalized spacial score (nSPS) is 16.4. The fourth-order valence-electron chi connectivity index (χ4n) is 3.14. The highest BCUT2D eigenvalue weighted by Crippen LogP contribution is 2.24. The van der Waals surface area contributed by atoms with Gasteiger partial charge in [0.25, 0.3) is 5.91 Å². The molecule has 1 amide bonds. The van der Waals surface area contributed by atoms with Crippen LogP contribution in [-0.2, 0) is 6.54 Å². The van der Waals surface area contributed by atoms with Gasteiger partial charge in [-0.05, 0) is 37.8 Å². The van der Waals surface area contributed by atoms with Gasteiger partial charge in [0, 0.05) is 12.7 Å². The number of nitrogens with one attached hydrogen (secondary N) is 1. The standard InChI is InChI=1S/C18H25N5O2/c1-14(25-16-8-5-9-19-11-16)10-20-18(24)17-13-23(22-21-17)12-15-6-3-2-4-7-15/h5,8-9,11,13-15H,2-4,6-7,10,12H2,1H3,(H,20,24). The Kier molecular flexibility index (Phi) is 5.98. The minimum atomic E-state index is -0.225. The maximum Gasteiger partial charge on any atom is 0.273 e. The summed E-state index contributed by atoms with van der Waals surface area (Å²) in [7, 11) is 0. The van der Waals surface area contributed by atoms with E-state index in [1.807, 2.05) is 19.1 Å². The summed E-state index contributed by atoms with van der Waals surface area (Å²) in [5.74, 6) is 1.11. The van der Waals surface area contributed by atoms with Crippen molar-refractivity contribution < 1.29 is 9.53 Å². The van der Waals surface area contributed by atoms with Crippen LogP contribution in [0.15, 0.2) is 30.7 Å². The van der Waals surface area contributed by atoms with E-state index < -0.39 is 0 Å². The van der Waals surface area contributed by atoms with Crippen LogP contribution < -0.4 is 10.1 Å². The Labute approximate surface area is 147 Å². The van der Waals surface area contributed by atoms with Crippen molar-refractivity contribution in [3.8, 4) is 5.75 Å². The zero-order valence-corrected chi connectivity index (χ0v) is 14.6. The summed E-state index contributed by atoms with van der Waals surface area (Å²) in [5.41, 5.74) is 0.351. The van der Waals surface area contributed by atoms with E-state index in [2.05, 4.69) is 20.6 Å². The van der Waals surface area contributed by atoms with Crippen LogP contribution in [-0.4, -0.2) is 38.5 Å². The number of amides is 1. The zero-order valence-electron chi connectivity index (χ0n) is 14.6. The van der Waals surface area contributed by atoms with E-state index in [9.17, 15) is 4.79 Å². The van der Waals surface area contributed by atoms with Crippen LogP contribution in [0.4, 0.5) is 0 Å². The van der Waals surface area contributed by atoms with Gasteiger partial charge in [-0.2, -0.15) is 0 Å². The fraction of sp³-hybridized carbons (Fsp3) is 0.556. The molecule has 134 valence electrons. The lowest BCUT2D eigenvalue weighted by Gasteiger charge is -2.20. The number of nitrogens with zero attached hydrogens (tertiary/aromatic N) is 4. The van der Waals surface area contributed by atoms with Crippen molar-refractivity contribution in [2.24, 2.45) is 5.92 Å². The Morgan fingerprint density at radius 1 is 1.40 bits per heavy atom. The highest BCUT2D eigenvalue weighted by atomic mass is 16.5. The van der Waals surface area contributed by atoms with Gasteiger partial charge in [-0.3, -0.25) is 14.5 Å². The predicted molar refractivity (Wildman–Crippen MR) is 93.3 cm³/mol. The molecule has 7 heteroatoms. The first-order valence-corrected chi connectivity index (χ1v) is 8.95. The van der Waals surface area contributed by atoms with Gasteiger partial charge in [-0.1, -0.05) is 24.5 Å². The number of carbonyl (C=O) groups is 1.